The van der Waals surface area contributed by atoms with E-state index in [4.69, 9.17) is 4.74 Å². The van der Waals surface area contributed by atoms with Crippen LogP contribution in [0.2, 0.25) is 0 Å². The summed E-state index contributed by atoms with van der Waals surface area (Å²) in [5.74, 6) is -0.208. The topological polar surface area (TPSA) is 105 Å². The number of sulfonamides is 1. The Balaban J connectivity index is 1.69. The number of carbonyl (C=O) groups excluding carboxylic acids is 2. The Labute approximate surface area is 201 Å². The Morgan fingerprint density at radius 2 is 1.76 bits per heavy atom. The molecule has 0 unspecified atom stereocenters. The van der Waals surface area contributed by atoms with E-state index in [1.54, 1.807) is 18.2 Å². The highest BCUT2D eigenvalue weighted by Gasteiger charge is 2.27. The van der Waals surface area contributed by atoms with Gasteiger partial charge in [0.1, 0.15) is 5.75 Å². The van der Waals surface area contributed by atoms with Gasteiger partial charge >= 0.3 is 0 Å². The quantitative estimate of drug-likeness (QED) is 0.561. The average molecular weight is 488 g/mol. The van der Waals surface area contributed by atoms with Crippen LogP contribution in [0.4, 0.5) is 5.69 Å². The van der Waals surface area contributed by atoms with Crippen molar-refractivity contribution >= 4 is 27.5 Å². The van der Waals surface area contributed by atoms with Gasteiger partial charge in [0, 0.05) is 31.6 Å². The van der Waals surface area contributed by atoms with Crippen LogP contribution < -0.4 is 15.4 Å². The third-order valence-electron chi connectivity index (χ3n) is 5.57. The fraction of sp³-hybridized carbons (Fsp3) is 0.440. The first-order valence-electron chi connectivity index (χ1n) is 11.6. The monoisotopic (exact) mass is 487 g/mol. The van der Waals surface area contributed by atoms with Crippen LogP contribution in [0.3, 0.4) is 0 Å². The van der Waals surface area contributed by atoms with Gasteiger partial charge in [0.25, 0.3) is 5.91 Å². The molecular weight excluding hydrogens is 454 g/mol. The second kappa shape index (κ2) is 11.5. The summed E-state index contributed by atoms with van der Waals surface area (Å²) >= 11 is 0. The van der Waals surface area contributed by atoms with E-state index < -0.39 is 10.0 Å². The van der Waals surface area contributed by atoms with E-state index in [-0.39, 0.29) is 35.8 Å². The molecule has 3 rings (SSSR count). The summed E-state index contributed by atoms with van der Waals surface area (Å²) in [5.41, 5.74) is 1.71. The van der Waals surface area contributed by atoms with E-state index in [1.807, 2.05) is 32.9 Å². The Morgan fingerprint density at radius 1 is 1.06 bits per heavy atom. The summed E-state index contributed by atoms with van der Waals surface area (Å²) in [6.07, 6.45) is 2.57. The summed E-state index contributed by atoms with van der Waals surface area (Å²) in [5, 5.41) is 5.51. The lowest BCUT2D eigenvalue weighted by molar-refractivity contribution is -0.116. The first-order valence-corrected chi connectivity index (χ1v) is 13.1. The van der Waals surface area contributed by atoms with E-state index in [9.17, 15) is 18.0 Å². The highest BCUT2D eigenvalue weighted by Crippen LogP contribution is 2.31. The van der Waals surface area contributed by atoms with E-state index >= 15 is 0 Å². The molecule has 0 radical (unpaired) electrons. The molecule has 1 fully saturated rings. The summed E-state index contributed by atoms with van der Waals surface area (Å²) in [4.78, 5) is 25.1. The molecule has 2 N–H and O–H groups in total. The molecule has 0 spiro atoms. The van der Waals surface area contributed by atoms with Gasteiger partial charge in [0.05, 0.1) is 16.7 Å². The van der Waals surface area contributed by atoms with Crippen LogP contribution in [-0.2, 0) is 14.8 Å². The van der Waals surface area contributed by atoms with Gasteiger partial charge in [-0.15, -0.1) is 0 Å². The number of nitrogens with one attached hydrogen (secondary N) is 2. The molecule has 9 heteroatoms. The fourth-order valence-electron chi connectivity index (χ4n) is 3.80. The van der Waals surface area contributed by atoms with Gasteiger partial charge in [0.15, 0.2) is 0 Å². The molecule has 34 heavy (non-hydrogen) atoms. The van der Waals surface area contributed by atoms with Crippen molar-refractivity contribution in [2.75, 3.05) is 25.0 Å². The van der Waals surface area contributed by atoms with E-state index in [0.717, 1.165) is 24.8 Å². The Hall–Kier alpha value is -2.91. The van der Waals surface area contributed by atoms with Crippen molar-refractivity contribution in [1.29, 1.82) is 0 Å². The van der Waals surface area contributed by atoms with Crippen molar-refractivity contribution in [3.63, 3.8) is 0 Å². The largest absolute Gasteiger partial charge is 0.489 e. The van der Waals surface area contributed by atoms with Gasteiger partial charge in [-0.25, -0.2) is 8.42 Å². The fourth-order valence-corrected chi connectivity index (χ4v) is 5.35. The number of hydrogen-bond donors (Lipinski definition) is 2. The zero-order valence-corrected chi connectivity index (χ0v) is 20.8. The number of benzene rings is 2. The maximum atomic E-state index is 13.1. The minimum absolute atomic E-state index is 0.0296. The van der Waals surface area contributed by atoms with E-state index in [2.05, 4.69) is 10.6 Å². The van der Waals surface area contributed by atoms with Gasteiger partial charge in [-0.1, -0.05) is 24.6 Å². The number of hydrogen-bond acceptors (Lipinski definition) is 5. The number of ether oxygens (including phenoxy) is 1. The zero-order chi connectivity index (χ0) is 24.7. The lowest BCUT2D eigenvalue weighted by atomic mass is 10.1. The van der Waals surface area contributed by atoms with Crippen LogP contribution >= 0.6 is 0 Å². The summed E-state index contributed by atoms with van der Waals surface area (Å²) < 4.78 is 33.5. The normalized spacial score (nSPS) is 14.6. The average Bonchev–Trinajstić information content (AvgIpc) is 2.80. The standard InChI is InChI=1S/C25H33N3O5S/c1-18(2)33-23-12-11-20(34(31,32)28-15-7-4-8-16-28)17-22(23)27-24(29)13-14-26-25(30)21-10-6-5-9-19(21)3/h5-6,9-12,17-18H,4,7-8,13-16H2,1-3H3,(H,26,30)(H,27,29). The molecule has 0 aliphatic carbocycles. The molecule has 0 aromatic heterocycles. The van der Waals surface area contributed by atoms with Crippen LogP contribution in [0.25, 0.3) is 0 Å². The number of piperidine rings is 1. The van der Waals surface area contributed by atoms with E-state index in [0.29, 0.717) is 30.1 Å². The summed E-state index contributed by atoms with van der Waals surface area (Å²) in [6.45, 7) is 6.69. The Kier molecular flexibility index (Phi) is 8.68. The van der Waals surface area contributed by atoms with Crippen molar-refractivity contribution in [3.05, 3.63) is 53.6 Å². The SMILES string of the molecule is Cc1ccccc1C(=O)NCCC(=O)Nc1cc(S(=O)(=O)N2CCCCC2)ccc1OC(C)C. The molecule has 0 saturated carbocycles. The predicted octanol–water partition coefficient (Wildman–Crippen LogP) is 3.72. The molecule has 1 aliphatic heterocycles. The first kappa shape index (κ1) is 25.7. The lowest BCUT2D eigenvalue weighted by Crippen LogP contribution is -2.35. The minimum atomic E-state index is -3.66. The minimum Gasteiger partial charge on any atom is -0.489 e. The van der Waals surface area contributed by atoms with Crippen LogP contribution in [0.15, 0.2) is 47.4 Å². The number of rotatable bonds is 9. The van der Waals surface area contributed by atoms with Crippen molar-refractivity contribution in [2.24, 2.45) is 0 Å². The molecule has 1 saturated heterocycles. The van der Waals surface area contributed by atoms with Gasteiger partial charge < -0.3 is 15.4 Å². The highest BCUT2D eigenvalue weighted by molar-refractivity contribution is 7.89. The zero-order valence-electron chi connectivity index (χ0n) is 20.0. The molecule has 1 heterocycles. The molecule has 2 aromatic carbocycles. The smallest absolute Gasteiger partial charge is 0.251 e. The number of anilines is 1. The van der Waals surface area contributed by atoms with Crippen LogP contribution in [-0.4, -0.2) is 50.3 Å². The number of carbonyl (C=O) groups is 2. The van der Waals surface area contributed by atoms with E-state index in [1.165, 1.54) is 16.4 Å². The second-order valence-corrected chi connectivity index (χ2v) is 10.6. The molecule has 2 amide bonds. The summed E-state index contributed by atoms with van der Waals surface area (Å²) in [7, 11) is -3.66. The lowest BCUT2D eigenvalue weighted by Gasteiger charge is -2.26. The van der Waals surface area contributed by atoms with Gasteiger partial charge in [-0.2, -0.15) is 4.31 Å². The Morgan fingerprint density at radius 3 is 2.44 bits per heavy atom. The summed E-state index contributed by atoms with van der Waals surface area (Å²) in [6, 6.07) is 11.8. The predicted molar refractivity (Wildman–Crippen MR) is 132 cm³/mol. The second-order valence-electron chi connectivity index (χ2n) is 8.66. The molecule has 1 aliphatic rings. The first-order chi connectivity index (χ1) is 16.2. The van der Waals surface area contributed by atoms with Crippen LogP contribution in [0, 0.1) is 6.92 Å². The van der Waals surface area contributed by atoms with Crippen LogP contribution in [0.1, 0.15) is 55.5 Å². The van der Waals surface area contributed by atoms with Crippen molar-refractivity contribution < 1.29 is 22.7 Å². The van der Waals surface area contributed by atoms with Crippen LogP contribution in [0.5, 0.6) is 5.75 Å². The number of nitrogens with zero attached hydrogens (tertiary/aromatic N) is 1. The molecule has 0 bridgehead atoms. The third kappa shape index (κ3) is 6.57. The third-order valence-corrected chi connectivity index (χ3v) is 7.46. The molecule has 184 valence electrons. The molecule has 0 atom stereocenters. The maximum absolute atomic E-state index is 13.1. The van der Waals surface area contributed by atoms with Gasteiger partial charge in [0.2, 0.25) is 15.9 Å². The molecule has 8 nitrogen and oxygen atoms in total. The molecular formula is C25H33N3O5S. The Bertz CT molecular complexity index is 1130. The molecule has 2 aromatic rings. The highest BCUT2D eigenvalue weighted by atomic mass is 32.2. The number of amides is 2. The van der Waals surface area contributed by atoms with Gasteiger partial charge in [-0.3, -0.25) is 9.59 Å². The van der Waals surface area contributed by atoms with Gasteiger partial charge in [-0.05, 0) is 63.4 Å². The van der Waals surface area contributed by atoms with Crippen molar-refractivity contribution in [2.45, 2.75) is 57.5 Å². The maximum Gasteiger partial charge on any atom is 0.251 e. The van der Waals surface area contributed by atoms with Crippen molar-refractivity contribution in [3.8, 4) is 5.75 Å². The van der Waals surface area contributed by atoms with Crippen molar-refractivity contribution in [1.82, 2.24) is 9.62 Å². The number of aryl methyl sites for hydroxylation is 1.